The highest BCUT2D eigenvalue weighted by atomic mass is 32.1. The average Bonchev–Trinajstić information content (AvgIpc) is 2.49. The van der Waals surface area contributed by atoms with Crippen LogP contribution in [0.15, 0.2) is 17.7 Å². The van der Waals surface area contributed by atoms with Crippen LogP contribution in [0.1, 0.15) is 49.8 Å². The molecule has 3 rings (SSSR count). The molecule has 132 valence electrons. The van der Waals surface area contributed by atoms with E-state index < -0.39 is 11.8 Å². The lowest BCUT2D eigenvalue weighted by atomic mass is 9.79. The third kappa shape index (κ3) is 3.06. The van der Waals surface area contributed by atoms with E-state index in [4.69, 9.17) is 12.2 Å². The zero-order chi connectivity index (χ0) is 18.5. The molecular weight excluding hydrogens is 334 g/mol. The summed E-state index contributed by atoms with van der Waals surface area (Å²) < 4.78 is 0. The number of rotatable bonds is 1. The maximum Gasteiger partial charge on any atom is 0.263 e. The molecule has 2 aliphatic heterocycles. The third-order valence-corrected chi connectivity index (χ3v) is 5.47. The van der Waals surface area contributed by atoms with Crippen molar-refractivity contribution in [3.63, 3.8) is 0 Å². The number of amides is 2. The van der Waals surface area contributed by atoms with Crippen LogP contribution in [0.2, 0.25) is 0 Å². The highest BCUT2D eigenvalue weighted by Gasteiger charge is 2.34. The monoisotopic (exact) mass is 357 g/mol. The fourth-order valence-corrected chi connectivity index (χ4v) is 3.84. The van der Waals surface area contributed by atoms with Crippen LogP contribution in [0.25, 0.3) is 6.08 Å². The molecule has 0 radical (unpaired) electrons. The van der Waals surface area contributed by atoms with E-state index >= 15 is 0 Å². The fraction of sp³-hybridized carbons (Fsp3) is 0.421. The molecule has 0 unspecified atom stereocenters. The lowest BCUT2D eigenvalue weighted by Crippen LogP contribution is -2.51. The summed E-state index contributed by atoms with van der Waals surface area (Å²) in [5.41, 5.74) is 4.53. The van der Waals surface area contributed by atoms with Crippen LogP contribution in [-0.4, -0.2) is 29.5 Å². The average molecular weight is 357 g/mol. The number of carbonyl (C=O) groups excluding carboxylic acids is 2. The molecule has 0 spiro atoms. The first-order valence-corrected chi connectivity index (χ1v) is 8.77. The predicted molar refractivity (Wildman–Crippen MR) is 104 cm³/mol. The van der Waals surface area contributed by atoms with E-state index in [2.05, 4.69) is 55.5 Å². The van der Waals surface area contributed by atoms with Crippen LogP contribution in [0.3, 0.4) is 0 Å². The normalized spacial score (nSPS) is 22.3. The standard InChI is InChI=1S/C19H23N3O2S/c1-10-6-15-13(11(2)9-19(3,4)22(15)5)7-12(10)8-14-16(23)20-18(25)21-17(14)24/h6-8,11H,9H2,1-5H3,(H2,20,21,23,24,25)/t11-/m1/s1. The second kappa shape index (κ2) is 5.95. The van der Waals surface area contributed by atoms with Crippen molar-refractivity contribution in [2.45, 2.75) is 45.6 Å². The summed E-state index contributed by atoms with van der Waals surface area (Å²) >= 11 is 4.84. The van der Waals surface area contributed by atoms with Gasteiger partial charge >= 0.3 is 0 Å². The largest absolute Gasteiger partial charge is 0.369 e. The topological polar surface area (TPSA) is 61.4 Å². The van der Waals surface area contributed by atoms with Crippen molar-refractivity contribution in [3.8, 4) is 0 Å². The molecule has 1 aromatic carbocycles. The lowest BCUT2D eigenvalue weighted by Gasteiger charge is -2.45. The first-order valence-electron chi connectivity index (χ1n) is 8.37. The molecule has 1 atom stereocenters. The van der Waals surface area contributed by atoms with Crippen molar-refractivity contribution in [2.24, 2.45) is 0 Å². The molecule has 1 aromatic rings. The summed E-state index contributed by atoms with van der Waals surface area (Å²) in [4.78, 5) is 26.5. The molecule has 5 nitrogen and oxygen atoms in total. The minimum Gasteiger partial charge on any atom is -0.369 e. The first-order chi connectivity index (χ1) is 11.6. The number of nitrogens with zero attached hydrogens (tertiary/aromatic N) is 1. The van der Waals surface area contributed by atoms with Gasteiger partial charge < -0.3 is 4.90 Å². The highest BCUT2D eigenvalue weighted by Crippen LogP contribution is 2.43. The molecule has 0 aromatic heterocycles. The minimum atomic E-state index is -0.461. The number of carbonyl (C=O) groups is 2. The van der Waals surface area contributed by atoms with Gasteiger partial charge in [0.05, 0.1) is 0 Å². The Kier molecular flexibility index (Phi) is 4.19. The Bertz CT molecular complexity index is 804. The Labute approximate surface area is 153 Å². The molecule has 0 aliphatic carbocycles. The molecule has 2 amide bonds. The molecule has 0 saturated carbocycles. The number of thiocarbonyl (C=S) groups is 1. The maximum atomic E-state index is 12.1. The van der Waals surface area contributed by atoms with Gasteiger partial charge in [-0.1, -0.05) is 6.92 Å². The molecule has 2 N–H and O–H groups in total. The summed E-state index contributed by atoms with van der Waals surface area (Å²) in [6.07, 6.45) is 2.69. The smallest absolute Gasteiger partial charge is 0.263 e. The Balaban J connectivity index is 2.07. The SMILES string of the molecule is Cc1cc2c(cc1C=C1C(=O)NC(=S)NC1=O)[C@H](C)CC(C)(C)N2C. The number of hydrogen-bond donors (Lipinski definition) is 2. The van der Waals surface area contributed by atoms with Gasteiger partial charge in [0.2, 0.25) is 0 Å². The summed E-state index contributed by atoms with van der Waals surface area (Å²) in [7, 11) is 2.12. The van der Waals surface area contributed by atoms with E-state index in [0.29, 0.717) is 5.92 Å². The number of benzene rings is 1. The van der Waals surface area contributed by atoms with E-state index in [0.717, 1.165) is 17.5 Å². The van der Waals surface area contributed by atoms with Gasteiger partial charge in [0.1, 0.15) is 5.57 Å². The number of fused-ring (bicyclic) bond motifs is 1. The summed E-state index contributed by atoms with van der Waals surface area (Å²) in [5.74, 6) is -0.519. The summed E-state index contributed by atoms with van der Waals surface area (Å²) in [5, 5.41) is 4.99. The number of aryl methyl sites for hydroxylation is 1. The summed E-state index contributed by atoms with van der Waals surface area (Å²) in [6, 6.07) is 4.24. The van der Waals surface area contributed by atoms with E-state index in [-0.39, 0.29) is 16.2 Å². The van der Waals surface area contributed by atoms with E-state index in [9.17, 15) is 9.59 Å². The summed E-state index contributed by atoms with van der Waals surface area (Å²) in [6.45, 7) is 8.71. The van der Waals surface area contributed by atoms with Crippen molar-refractivity contribution < 1.29 is 9.59 Å². The molecule has 0 bridgehead atoms. The lowest BCUT2D eigenvalue weighted by molar-refractivity contribution is -0.123. The van der Waals surface area contributed by atoms with Crippen LogP contribution in [0.4, 0.5) is 5.69 Å². The molecule has 1 saturated heterocycles. The highest BCUT2D eigenvalue weighted by molar-refractivity contribution is 7.80. The predicted octanol–water partition coefficient (Wildman–Crippen LogP) is 2.63. The van der Waals surface area contributed by atoms with E-state index in [1.165, 1.54) is 11.3 Å². The van der Waals surface area contributed by atoms with Gasteiger partial charge in [0.25, 0.3) is 11.8 Å². The maximum absolute atomic E-state index is 12.1. The quantitative estimate of drug-likeness (QED) is 0.461. The number of anilines is 1. The Morgan fingerprint density at radius 2 is 1.84 bits per heavy atom. The molecular formula is C19H23N3O2S. The van der Waals surface area contributed by atoms with Gasteiger partial charge in [0, 0.05) is 18.3 Å². The van der Waals surface area contributed by atoms with Crippen LogP contribution in [0.5, 0.6) is 0 Å². The Morgan fingerprint density at radius 3 is 2.44 bits per heavy atom. The van der Waals surface area contributed by atoms with Gasteiger partial charge in [-0.3, -0.25) is 20.2 Å². The van der Waals surface area contributed by atoms with Crippen LogP contribution in [0, 0.1) is 6.92 Å². The third-order valence-electron chi connectivity index (χ3n) is 5.26. The van der Waals surface area contributed by atoms with E-state index in [1.807, 2.05) is 6.92 Å². The Morgan fingerprint density at radius 1 is 1.24 bits per heavy atom. The molecule has 25 heavy (non-hydrogen) atoms. The second-order valence-electron chi connectivity index (χ2n) is 7.54. The second-order valence-corrected chi connectivity index (χ2v) is 7.95. The first kappa shape index (κ1) is 17.6. The molecule has 2 heterocycles. The van der Waals surface area contributed by atoms with Gasteiger partial charge in [-0.05, 0) is 80.2 Å². The van der Waals surface area contributed by atoms with E-state index in [1.54, 1.807) is 6.08 Å². The van der Waals surface area contributed by atoms with Gasteiger partial charge in [-0.15, -0.1) is 0 Å². The van der Waals surface area contributed by atoms with Gasteiger partial charge in [0.15, 0.2) is 5.11 Å². The van der Waals surface area contributed by atoms with Crippen molar-refractivity contribution in [3.05, 3.63) is 34.4 Å². The van der Waals surface area contributed by atoms with Crippen molar-refractivity contribution >= 4 is 40.9 Å². The Hall–Kier alpha value is -2.21. The van der Waals surface area contributed by atoms with Gasteiger partial charge in [-0.2, -0.15) is 0 Å². The van der Waals surface area contributed by atoms with Crippen LogP contribution < -0.4 is 15.5 Å². The fourth-order valence-electron chi connectivity index (χ4n) is 3.65. The molecule has 2 aliphatic rings. The molecule has 6 heteroatoms. The zero-order valence-electron chi connectivity index (χ0n) is 15.2. The van der Waals surface area contributed by atoms with Gasteiger partial charge in [-0.25, -0.2) is 0 Å². The van der Waals surface area contributed by atoms with Crippen molar-refractivity contribution in [2.75, 3.05) is 11.9 Å². The van der Waals surface area contributed by atoms with Crippen molar-refractivity contribution in [1.29, 1.82) is 0 Å². The van der Waals surface area contributed by atoms with Crippen LogP contribution in [-0.2, 0) is 9.59 Å². The number of nitrogens with one attached hydrogen (secondary N) is 2. The number of hydrogen-bond acceptors (Lipinski definition) is 4. The zero-order valence-corrected chi connectivity index (χ0v) is 16.0. The minimum absolute atomic E-state index is 0.0480. The van der Waals surface area contributed by atoms with Crippen LogP contribution >= 0.6 is 12.2 Å². The molecule has 1 fully saturated rings. The van der Waals surface area contributed by atoms with Crippen molar-refractivity contribution in [1.82, 2.24) is 10.6 Å².